The van der Waals surface area contributed by atoms with Crippen LogP contribution < -0.4 is 5.32 Å². The Morgan fingerprint density at radius 3 is 2.44 bits per heavy atom. The molecule has 1 heterocycles. The van der Waals surface area contributed by atoms with E-state index in [1.54, 1.807) is 0 Å². The Morgan fingerprint density at radius 1 is 1.28 bits per heavy atom. The van der Waals surface area contributed by atoms with Crippen molar-refractivity contribution in [2.24, 2.45) is 0 Å². The predicted octanol–water partition coefficient (Wildman–Crippen LogP) is 1.32. The molecule has 1 fully saturated rings. The first-order valence-electron chi connectivity index (χ1n) is 7.19. The minimum Gasteiger partial charge on any atom is -0.336 e. The first-order chi connectivity index (χ1) is 8.52. The maximum atomic E-state index is 12.2. The van der Waals surface area contributed by atoms with Crippen LogP contribution in [0.5, 0.6) is 0 Å². The third-order valence-corrected chi connectivity index (χ3v) is 3.72. The fourth-order valence-corrected chi connectivity index (χ4v) is 2.72. The summed E-state index contributed by atoms with van der Waals surface area (Å²) in [7, 11) is 4.14. The van der Waals surface area contributed by atoms with E-state index in [-0.39, 0.29) is 5.91 Å². The normalized spacial score (nSPS) is 24.6. The van der Waals surface area contributed by atoms with Crippen molar-refractivity contribution < 1.29 is 4.79 Å². The van der Waals surface area contributed by atoms with Crippen molar-refractivity contribution in [3.8, 4) is 0 Å². The van der Waals surface area contributed by atoms with E-state index in [0.717, 1.165) is 32.4 Å². The van der Waals surface area contributed by atoms with Gasteiger partial charge in [-0.2, -0.15) is 0 Å². The van der Waals surface area contributed by atoms with Gasteiger partial charge < -0.3 is 15.1 Å². The Hall–Kier alpha value is -0.610. The minimum absolute atomic E-state index is 0.263. The molecular weight excluding hydrogens is 226 g/mol. The van der Waals surface area contributed by atoms with Gasteiger partial charge in [-0.05, 0) is 66.7 Å². The van der Waals surface area contributed by atoms with Crippen molar-refractivity contribution in [2.75, 3.05) is 33.7 Å². The van der Waals surface area contributed by atoms with Crippen molar-refractivity contribution in [1.82, 2.24) is 15.1 Å². The van der Waals surface area contributed by atoms with Gasteiger partial charge >= 0.3 is 0 Å². The fourth-order valence-electron chi connectivity index (χ4n) is 2.72. The Labute approximate surface area is 112 Å². The van der Waals surface area contributed by atoms with E-state index in [1.807, 2.05) is 0 Å². The lowest BCUT2D eigenvalue weighted by Gasteiger charge is -2.39. The van der Waals surface area contributed by atoms with Crippen LogP contribution in [0.1, 0.15) is 39.5 Å². The second kappa shape index (κ2) is 7.74. The SMILES string of the molecule is C[C@@H]1CCC[C@@H](C)N1C(=O)CNCCCN(C)C. The Morgan fingerprint density at radius 2 is 1.89 bits per heavy atom. The van der Waals surface area contributed by atoms with Gasteiger partial charge in [-0.1, -0.05) is 0 Å². The van der Waals surface area contributed by atoms with Crippen LogP contribution in [0.3, 0.4) is 0 Å². The molecule has 0 aliphatic carbocycles. The zero-order chi connectivity index (χ0) is 13.5. The highest BCUT2D eigenvalue weighted by atomic mass is 16.2. The number of likely N-dealkylation sites (tertiary alicyclic amines) is 1. The third kappa shape index (κ3) is 4.94. The molecule has 1 rings (SSSR count). The number of hydrogen-bond donors (Lipinski definition) is 1. The molecule has 4 heteroatoms. The second-order valence-corrected chi connectivity index (χ2v) is 5.76. The van der Waals surface area contributed by atoms with Crippen molar-refractivity contribution in [2.45, 2.75) is 51.6 Å². The zero-order valence-corrected chi connectivity index (χ0v) is 12.4. The number of carbonyl (C=O) groups is 1. The quantitative estimate of drug-likeness (QED) is 0.727. The van der Waals surface area contributed by atoms with Gasteiger partial charge in [0.15, 0.2) is 0 Å². The molecule has 0 bridgehead atoms. The van der Waals surface area contributed by atoms with E-state index < -0.39 is 0 Å². The lowest BCUT2D eigenvalue weighted by Crippen LogP contribution is -2.50. The first kappa shape index (κ1) is 15.4. The van der Waals surface area contributed by atoms with E-state index in [1.165, 1.54) is 6.42 Å². The minimum atomic E-state index is 0.263. The van der Waals surface area contributed by atoms with Gasteiger partial charge in [0.2, 0.25) is 5.91 Å². The number of hydrogen-bond acceptors (Lipinski definition) is 3. The zero-order valence-electron chi connectivity index (χ0n) is 12.4. The molecule has 0 radical (unpaired) electrons. The van der Waals surface area contributed by atoms with Gasteiger partial charge in [-0.25, -0.2) is 0 Å². The van der Waals surface area contributed by atoms with E-state index in [2.05, 4.69) is 43.1 Å². The largest absolute Gasteiger partial charge is 0.336 e. The summed E-state index contributed by atoms with van der Waals surface area (Å²) >= 11 is 0. The molecular formula is C14H29N3O. The number of nitrogens with zero attached hydrogens (tertiary/aromatic N) is 2. The van der Waals surface area contributed by atoms with E-state index in [4.69, 9.17) is 0 Å². The molecule has 1 N–H and O–H groups in total. The Kier molecular flexibility index (Phi) is 6.65. The van der Waals surface area contributed by atoms with Gasteiger partial charge in [0.25, 0.3) is 0 Å². The number of nitrogens with one attached hydrogen (secondary N) is 1. The Bertz CT molecular complexity index is 245. The van der Waals surface area contributed by atoms with Gasteiger partial charge in [-0.3, -0.25) is 4.79 Å². The van der Waals surface area contributed by atoms with E-state index in [9.17, 15) is 4.79 Å². The number of carbonyl (C=O) groups excluding carboxylic acids is 1. The summed E-state index contributed by atoms with van der Waals surface area (Å²) in [5.74, 6) is 0.263. The molecule has 4 nitrogen and oxygen atoms in total. The molecule has 0 aromatic rings. The first-order valence-corrected chi connectivity index (χ1v) is 7.19. The summed E-state index contributed by atoms with van der Waals surface area (Å²) in [4.78, 5) is 16.4. The molecule has 2 atom stereocenters. The van der Waals surface area contributed by atoms with E-state index in [0.29, 0.717) is 18.6 Å². The maximum absolute atomic E-state index is 12.2. The average Bonchev–Trinajstić information content (AvgIpc) is 2.27. The topological polar surface area (TPSA) is 35.6 Å². The van der Waals surface area contributed by atoms with Gasteiger partial charge in [0, 0.05) is 12.1 Å². The molecule has 18 heavy (non-hydrogen) atoms. The van der Waals surface area contributed by atoms with Crippen molar-refractivity contribution >= 4 is 5.91 Å². The lowest BCUT2D eigenvalue weighted by molar-refractivity contribution is -0.136. The van der Waals surface area contributed by atoms with Crippen molar-refractivity contribution in [1.29, 1.82) is 0 Å². The van der Waals surface area contributed by atoms with E-state index >= 15 is 0 Å². The average molecular weight is 255 g/mol. The maximum Gasteiger partial charge on any atom is 0.237 e. The summed E-state index contributed by atoms with van der Waals surface area (Å²) in [5, 5.41) is 3.26. The fraction of sp³-hybridized carbons (Fsp3) is 0.929. The van der Waals surface area contributed by atoms with Crippen LogP contribution in [0.2, 0.25) is 0 Å². The molecule has 0 aromatic carbocycles. The molecule has 1 aliphatic heterocycles. The smallest absolute Gasteiger partial charge is 0.237 e. The highest BCUT2D eigenvalue weighted by Gasteiger charge is 2.28. The lowest BCUT2D eigenvalue weighted by atomic mass is 9.97. The van der Waals surface area contributed by atoms with Crippen LogP contribution in [-0.2, 0) is 4.79 Å². The summed E-state index contributed by atoms with van der Waals surface area (Å²) < 4.78 is 0. The molecule has 1 amide bonds. The summed E-state index contributed by atoms with van der Waals surface area (Å²) in [6.45, 7) is 6.81. The van der Waals surface area contributed by atoms with Gasteiger partial charge in [0.05, 0.1) is 6.54 Å². The molecule has 106 valence electrons. The van der Waals surface area contributed by atoms with Crippen molar-refractivity contribution in [3.05, 3.63) is 0 Å². The van der Waals surface area contributed by atoms with Crippen LogP contribution >= 0.6 is 0 Å². The molecule has 0 spiro atoms. The predicted molar refractivity (Wildman–Crippen MR) is 75.7 cm³/mol. The monoisotopic (exact) mass is 255 g/mol. The van der Waals surface area contributed by atoms with Crippen LogP contribution in [0.25, 0.3) is 0 Å². The summed E-state index contributed by atoms with van der Waals surface area (Å²) in [5.41, 5.74) is 0. The standard InChI is InChI=1S/C14H29N3O/c1-12-7-5-8-13(2)17(12)14(18)11-15-9-6-10-16(3)4/h12-13,15H,5-11H2,1-4H3/t12-,13-/m1/s1. The summed E-state index contributed by atoms with van der Waals surface area (Å²) in [6.07, 6.45) is 4.64. The molecule has 0 unspecified atom stereocenters. The van der Waals surface area contributed by atoms with Gasteiger partial charge in [0.1, 0.15) is 0 Å². The van der Waals surface area contributed by atoms with Crippen LogP contribution in [0.4, 0.5) is 0 Å². The highest BCUT2D eigenvalue weighted by molar-refractivity contribution is 5.79. The second-order valence-electron chi connectivity index (χ2n) is 5.76. The van der Waals surface area contributed by atoms with Crippen LogP contribution in [0.15, 0.2) is 0 Å². The Balaban J connectivity index is 2.22. The molecule has 1 aliphatic rings. The number of amides is 1. The number of rotatable bonds is 6. The summed E-state index contributed by atoms with van der Waals surface area (Å²) in [6, 6.07) is 0.814. The highest BCUT2D eigenvalue weighted by Crippen LogP contribution is 2.22. The van der Waals surface area contributed by atoms with Crippen LogP contribution in [0, 0.1) is 0 Å². The van der Waals surface area contributed by atoms with Crippen molar-refractivity contribution in [3.63, 3.8) is 0 Å². The van der Waals surface area contributed by atoms with Gasteiger partial charge in [-0.15, -0.1) is 0 Å². The van der Waals surface area contributed by atoms with Crippen LogP contribution in [-0.4, -0.2) is 61.5 Å². The third-order valence-electron chi connectivity index (χ3n) is 3.72. The molecule has 1 saturated heterocycles. The number of piperidine rings is 1. The molecule has 0 aromatic heterocycles. The molecule has 0 saturated carbocycles.